The highest BCUT2D eigenvalue weighted by Crippen LogP contribution is 2.17. The number of rotatable bonds is 3. The zero-order chi connectivity index (χ0) is 14.0. The van der Waals surface area contributed by atoms with E-state index in [1.54, 1.807) is 13.2 Å². The van der Waals surface area contributed by atoms with Gasteiger partial charge in [-0.05, 0) is 13.2 Å². The number of ether oxygens (including phenoxy) is 1. The molecule has 8 nitrogen and oxygen atoms in total. The Labute approximate surface area is 111 Å². The molecule has 0 radical (unpaired) electrons. The molecule has 0 saturated heterocycles. The standard InChI is InChI=1S/C10H11N5O3S/c1-3-18-9(17)5-8(16)14-7-4(12-5)6(11)13-10(15-7)19-2/h3H2,1-2H3,(H3,11,13,14,15,16). The topological polar surface area (TPSA) is 124 Å². The van der Waals surface area contributed by atoms with E-state index in [-0.39, 0.29) is 29.3 Å². The molecule has 0 aromatic carbocycles. The molecule has 2 aromatic rings. The van der Waals surface area contributed by atoms with Gasteiger partial charge in [-0.15, -0.1) is 0 Å². The fourth-order valence-corrected chi connectivity index (χ4v) is 1.78. The molecule has 0 saturated carbocycles. The van der Waals surface area contributed by atoms with Crippen LogP contribution in [-0.4, -0.2) is 38.8 Å². The van der Waals surface area contributed by atoms with Gasteiger partial charge in [0.05, 0.1) is 6.61 Å². The molecule has 19 heavy (non-hydrogen) atoms. The second-order valence-electron chi connectivity index (χ2n) is 3.43. The molecule has 0 bridgehead atoms. The molecule has 2 heterocycles. The van der Waals surface area contributed by atoms with Crippen molar-refractivity contribution < 1.29 is 9.53 Å². The number of aromatic amines is 1. The minimum atomic E-state index is -0.806. The lowest BCUT2D eigenvalue weighted by molar-refractivity contribution is 0.0517. The van der Waals surface area contributed by atoms with Gasteiger partial charge in [0.25, 0.3) is 5.56 Å². The van der Waals surface area contributed by atoms with E-state index in [9.17, 15) is 9.59 Å². The van der Waals surface area contributed by atoms with Crippen LogP contribution in [-0.2, 0) is 4.74 Å². The van der Waals surface area contributed by atoms with Crippen molar-refractivity contribution in [1.82, 2.24) is 19.9 Å². The molecule has 0 aliphatic carbocycles. The van der Waals surface area contributed by atoms with Gasteiger partial charge in [-0.3, -0.25) is 4.79 Å². The maximum Gasteiger partial charge on any atom is 0.362 e. The van der Waals surface area contributed by atoms with E-state index in [2.05, 4.69) is 19.9 Å². The number of thioether (sulfide) groups is 1. The van der Waals surface area contributed by atoms with Gasteiger partial charge in [0, 0.05) is 0 Å². The third kappa shape index (κ3) is 2.50. The van der Waals surface area contributed by atoms with E-state index >= 15 is 0 Å². The van der Waals surface area contributed by atoms with E-state index < -0.39 is 11.5 Å². The van der Waals surface area contributed by atoms with Crippen LogP contribution >= 0.6 is 11.8 Å². The molecular weight excluding hydrogens is 270 g/mol. The smallest absolute Gasteiger partial charge is 0.362 e. The molecule has 0 fully saturated rings. The van der Waals surface area contributed by atoms with Crippen molar-refractivity contribution in [2.24, 2.45) is 0 Å². The first-order chi connectivity index (χ1) is 9.06. The van der Waals surface area contributed by atoms with Crippen LogP contribution in [0.4, 0.5) is 5.82 Å². The van der Waals surface area contributed by atoms with Gasteiger partial charge in [-0.25, -0.2) is 19.7 Å². The van der Waals surface area contributed by atoms with E-state index in [4.69, 9.17) is 10.5 Å². The Balaban J connectivity index is 2.66. The van der Waals surface area contributed by atoms with Crippen molar-refractivity contribution in [3.8, 4) is 0 Å². The summed E-state index contributed by atoms with van der Waals surface area (Å²) in [6.45, 7) is 1.78. The highest BCUT2D eigenvalue weighted by Gasteiger charge is 2.17. The minimum absolute atomic E-state index is 0.0937. The van der Waals surface area contributed by atoms with Crippen LogP contribution in [0.15, 0.2) is 9.95 Å². The predicted molar refractivity (Wildman–Crippen MR) is 70.1 cm³/mol. The zero-order valence-electron chi connectivity index (χ0n) is 10.3. The van der Waals surface area contributed by atoms with Gasteiger partial charge < -0.3 is 15.5 Å². The summed E-state index contributed by atoms with van der Waals surface area (Å²) >= 11 is 1.28. The molecule has 0 unspecified atom stereocenters. The highest BCUT2D eigenvalue weighted by molar-refractivity contribution is 7.98. The third-order valence-corrected chi connectivity index (χ3v) is 2.76. The SMILES string of the molecule is CCOC(=O)c1nc2c(N)nc(SC)nc2[nH]c1=O. The molecule has 0 spiro atoms. The van der Waals surface area contributed by atoms with Crippen LogP contribution < -0.4 is 11.3 Å². The number of fused-ring (bicyclic) bond motifs is 1. The molecule has 0 atom stereocenters. The third-order valence-electron chi connectivity index (χ3n) is 2.21. The largest absolute Gasteiger partial charge is 0.461 e. The van der Waals surface area contributed by atoms with Crippen molar-refractivity contribution >= 4 is 34.7 Å². The summed E-state index contributed by atoms with van der Waals surface area (Å²) in [5.41, 5.74) is 5.05. The molecule has 9 heteroatoms. The van der Waals surface area contributed by atoms with Crippen LogP contribution in [0.25, 0.3) is 11.2 Å². The lowest BCUT2D eigenvalue weighted by Crippen LogP contribution is -2.23. The van der Waals surface area contributed by atoms with Crippen LogP contribution in [0.3, 0.4) is 0 Å². The van der Waals surface area contributed by atoms with Gasteiger partial charge in [0.15, 0.2) is 16.6 Å². The van der Waals surface area contributed by atoms with Crippen molar-refractivity contribution in [2.75, 3.05) is 18.6 Å². The number of aromatic nitrogens is 4. The molecule has 100 valence electrons. The predicted octanol–water partition coefficient (Wildman–Crippen LogP) is 0.194. The molecule has 0 aliphatic rings. The van der Waals surface area contributed by atoms with Gasteiger partial charge >= 0.3 is 5.97 Å². The quantitative estimate of drug-likeness (QED) is 0.464. The summed E-state index contributed by atoms with van der Waals surface area (Å²) in [6, 6.07) is 0. The summed E-state index contributed by atoms with van der Waals surface area (Å²) in [5.74, 6) is -0.713. The average molecular weight is 281 g/mol. The number of hydrogen-bond donors (Lipinski definition) is 2. The first kappa shape index (κ1) is 13.3. The Bertz CT molecular complexity index is 699. The van der Waals surface area contributed by atoms with Crippen molar-refractivity contribution in [1.29, 1.82) is 0 Å². The monoisotopic (exact) mass is 281 g/mol. The van der Waals surface area contributed by atoms with E-state index in [1.807, 2.05) is 0 Å². The number of esters is 1. The minimum Gasteiger partial charge on any atom is -0.461 e. The first-order valence-electron chi connectivity index (χ1n) is 5.35. The Morgan fingerprint density at radius 1 is 1.42 bits per heavy atom. The first-order valence-corrected chi connectivity index (χ1v) is 6.58. The summed E-state index contributed by atoms with van der Waals surface area (Å²) in [4.78, 5) is 37.7. The summed E-state index contributed by atoms with van der Waals surface area (Å²) in [5, 5.41) is 0.409. The molecular formula is C10H11N5O3S. The number of nitrogen functional groups attached to an aromatic ring is 1. The highest BCUT2D eigenvalue weighted by atomic mass is 32.2. The number of nitrogens with two attached hydrogens (primary N) is 1. The maximum absolute atomic E-state index is 11.7. The Morgan fingerprint density at radius 2 is 2.16 bits per heavy atom. The number of hydrogen-bond acceptors (Lipinski definition) is 8. The molecule has 2 aromatic heterocycles. The summed E-state index contributed by atoms with van der Waals surface area (Å²) in [7, 11) is 0. The number of nitrogens with one attached hydrogen (secondary N) is 1. The van der Waals surface area contributed by atoms with Crippen molar-refractivity contribution in [3.05, 3.63) is 16.0 Å². The number of H-pyrrole nitrogens is 1. The van der Waals surface area contributed by atoms with Crippen LogP contribution in [0, 0.1) is 0 Å². The van der Waals surface area contributed by atoms with E-state index in [0.717, 1.165) is 0 Å². The summed E-state index contributed by atoms with van der Waals surface area (Å²) in [6.07, 6.45) is 1.78. The van der Waals surface area contributed by atoms with Crippen LogP contribution in [0.2, 0.25) is 0 Å². The maximum atomic E-state index is 11.7. The van der Waals surface area contributed by atoms with E-state index in [0.29, 0.717) is 5.16 Å². The summed E-state index contributed by atoms with van der Waals surface area (Å²) < 4.78 is 4.74. The average Bonchev–Trinajstić information content (AvgIpc) is 2.37. The van der Waals surface area contributed by atoms with E-state index in [1.165, 1.54) is 11.8 Å². The number of anilines is 1. The van der Waals surface area contributed by atoms with Crippen LogP contribution in [0.5, 0.6) is 0 Å². The Morgan fingerprint density at radius 3 is 2.79 bits per heavy atom. The molecule has 2 rings (SSSR count). The van der Waals surface area contributed by atoms with Gasteiger partial charge in [-0.1, -0.05) is 11.8 Å². The number of carbonyl (C=O) groups excluding carboxylic acids is 1. The normalized spacial score (nSPS) is 10.6. The lowest BCUT2D eigenvalue weighted by atomic mass is 10.4. The van der Waals surface area contributed by atoms with Crippen molar-refractivity contribution in [2.45, 2.75) is 12.1 Å². The number of nitrogens with zero attached hydrogens (tertiary/aromatic N) is 3. The fraction of sp³-hybridized carbons (Fsp3) is 0.300. The second-order valence-corrected chi connectivity index (χ2v) is 4.20. The lowest BCUT2D eigenvalue weighted by Gasteiger charge is -2.04. The zero-order valence-corrected chi connectivity index (χ0v) is 11.1. The van der Waals surface area contributed by atoms with Crippen molar-refractivity contribution in [3.63, 3.8) is 0 Å². The van der Waals surface area contributed by atoms with Gasteiger partial charge in [-0.2, -0.15) is 0 Å². The Kier molecular flexibility index (Phi) is 3.65. The van der Waals surface area contributed by atoms with Crippen LogP contribution in [0.1, 0.15) is 17.4 Å². The second kappa shape index (κ2) is 5.22. The van der Waals surface area contributed by atoms with Gasteiger partial charge in [0.2, 0.25) is 5.69 Å². The molecule has 0 amide bonds. The number of carbonyl (C=O) groups is 1. The van der Waals surface area contributed by atoms with Gasteiger partial charge in [0.1, 0.15) is 5.52 Å². The fourth-order valence-electron chi connectivity index (χ4n) is 1.41. The molecule has 3 N–H and O–H groups in total. The Hall–Kier alpha value is -2.16. The molecule has 0 aliphatic heterocycles.